The zero-order chi connectivity index (χ0) is 12.9. The van der Waals surface area contributed by atoms with Crippen molar-refractivity contribution in [1.82, 2.24) is 0 Å². The smallest absolute Gasteiger partial charge is 0.171 e. The van der Waals surface area contributed by atoms with Gasteiger partial charge in [0.05, 0.1) is 5.38 Å². The van der Waals surface area contributed by atoms with Gasteiger partial charge in [0.25, 0.3) is 0 Å². The number of rotatable bonds is 5. The van der Waals surface area contributed by atoms with Crippen molar-refractivity contribution < 1.29 is 13.2 Å². The summed E-state index contributed by atoms with van der Waals surface area (Å²) in [6.45, 7) is 2.08. The summed E-state index contributed by atoms with van der Waals surface area (Å²) in [6, 6.07) is 7.50. The molecule has 1 unspecified atom stereocenters. The van der Waals surface area contributed by atoms with E-state index >= 15 is 0 Å². The fourth-order valence-corrected chi connectivity index (χ4v) is 1.89. The van der Waals surface area contributed by atoms with Crippen LogP contribution in [0, 0.1) is 0 Å². The van der Waals surface area contributed by atoms with E-state index in [2.05, 4.69) is 6.92 Å². The van der Waals surface area contributed by atoms with Crippen LogP contribution in [-0.4, -0.2) is 6.18 Å². The number of hydrogen-bond acceptors (Lipinski definition) is 0. The number of halogens is 4. The zero-order valence-electron chi connectivity index (χ0n) is 9.73. The summed E-state index contributed by atoms with van der Waals surface area (Å²) in [7, 11) is 0. The van der Waals surface area contributed by atoms with Crippen LogP contribution in [0.3, 0.4) is 0 Å². The van der Waals surface area contributed by atoms with E-state index in [0.29, 0.717) is 0 Å². The monoisotopic (exact) mass is 264 g/mol. The van der Waals surface area contributed by atoms with Crippen molar-refractivity contribution in [2.24, 2.45) is 0 Å². The molecule has 1 atom stereocenters. The van der Waals surface area contributed by atoms with Gasteiger partial charge in [-0.2, -0.15) is 13.2 Å². The van der Waals surface area contributed by atoms with Crippen molar-refractivity contribution in [2.75, 3.05) is 0 Å². The molecule has 0 spiro atoms. The second-order valence-corrected chi connectivity index (χ2v) is 4.64. The summed E-state index contributed by atoms with van der Waals surface area (Å²) in [5.41, 5.74) is 1.95. The maximum atomic E-state index is 12.0. The molecule has 0 saturated heterocycles. The first-order chi connectivity index (χ1) is 7.92. The first-order valence-electron chi connectivity index (χ1n) is 5.72. The first kappa shape index (κ1) is 14.4. The van der Waals surface area contributed by atoms with Crippen LogP contribution in [0.5, 0.6) is 0 Å². The van der Waals surface area contributed by atoms with Crippen LogP contribution >= 0.6 is 11.6 Å². The maximum absolute atomic E-state index is 12.0. The molecule has 0 heterocycles. The minimum atomic E-state index is -4.13. The second kappa shape index (κ2) is 6.29. The Morgan fingerprint density at radius 2 is 1.76 bits per heavy atom. The van der Waals surface area contributed by atoms with Crippen molar-refractivity contribution >= 4 is 11.6 Å². The minimum Gasteiger partial charge on any atom is -0.171 e. The van der Waals surface area contributed by atoms with Gasteiger partial charge in [-0.3, -0.25) is 0 Å². The van der Waals surface area contributed by atoms with Crippen molar-refractivity contribution in [2.45, 2.75) is 44.2 Å². The van der Waals surface area contributed by atoms with Gasteiger partial charge in [0, 0.05) is 6.42 Å². The lowest BCUT2D eigenvalue weighted by Gasteiger charge is -2.12. The number of aryl methyl sites for hydroxylation is 1. The summed E-state index contributed by atoms with van der Waals surface area (Å²) in [5, 5.41) is -0.563. The lowest BCUT2D eigenvalue weighted by atomic mass is 10.0. The highest BCUT2D eigenvalue weighted by Crippen LogP contribution is 2.31. The van der Waals surface area contributed by atoms with Crippen LogP contribution in [0.2, 0.25) is 0 Å². The summed E-state index contributed by atoms with van der Waals surface area (Å²) in [4.78, 5) is 0. The van der Waals surface area contributed by atoms with Gasteiger partial charge in [-0.05, 0) is 24.0 Å². The predicted molar refractivity (Wildman–Crippen MR) is 64.3 cm³/mol. The van der Waals surface area contributed by atoms with Gasteiger partial charge in [0.1, 0.15) is 0 Å². The quantitative estimate of drug-likeness (QED) is 0.636. The maximum Gasteiger partial charge on any atom is 0.389 e. The van der Waals surface area contributed by atoms with Crippen molar-refractivity contribution in [3.05, 3.63) is 35.4 Å². The average Bonchev–Trinajstić information content (AvgIpc) is 2.26. The molecule has 0 aliphatic carbocycles. The molecule has 0 radical (unpaired) electrons. The number of benzene rings is 1. The SMILES string of the molecule is CCCc1ccc(C(Cl)CCC(F)(F)F)cc1. The fourth-order valence-electron chi connectivity index (χ4n) is 1.64. The molecule has 0 aliphatic rings. The summed E-state index contributed by atoms with van der Waals surface area (Å²) in [6.07, 6.45) is -3.00. The zero-order valence-corrected chi connectivity index (χ0v) is 10.5. The average molecular weight is 265 g/mol. The minimum absolute atomic E-state index is 0.0713. The molecule has 0 aromatic heterocycles. The van der Waals surface area contributed by atoms with Crippen LogP contribution in [0.25, 0.3) is 0 Å². The lowest BCUT2D eigenvalue weighted by Crippen LogP contribution is -2.08. The molecule has 0 fully saturated rings. The molecule has 0 aliphatic heterocycles. The second-order valence-electron chi connectivity index (χ2n) is 4.11. The molecular weight excluding hydrogens is 249 g/mol. The summed E-state index contributed by atoms with van der Waals surface area (Å²) >= 11 is 5.94. The van der Waals surface area contributed by atoms with Crippen LogP contribution in [0.1, 0.15) is 42.7 Å². The van der Waals surface area contributed by atoms with E-state index in [9.17, 15) is 13.2 Å². The molecular formula is C13H16ClF3. The molecule has 1 rings (SSSR count). The highest BCUT2D eigenvalue weighted by molar-refractivity contribution is 6.20. The van der Waals surface area contributed by atoms with Gasteiger partial charge < -0.3 is 0 Å². The number of hydrogen-bond donors (Lipinski definition) is 0. The van der Waals surface area contributed by atoms with E-state index in [1.807, 2.05) is 24.3 Å². The van der Waals surface area contributed by atoms with E-state index < -0.39 is 18.0 Å². The molecule has 0 amide bonds. The van der Waals surface area contributed by atoms with Crippen LogP contribution in [0.15, 0.2) is 24.3 Å². The van der Waals surface area contributed by atoms with E-state index in [1.54, 1.807) is 0 Å². The Bertz CT molecular complexity index is 330. The first-order valence-corrected chi connectivity index (χ1v) is 6.15. The molecule has 4 heteroatoms. The molecule has 96 valence electrons. The van der Waals surface area contributed by atoms with Gasteiger partial charge in [-0.15, -0.1) is 11.6 Å². The van der Waals surface area contributed by atoms with Gasteiger partial charge >= 0.3 is 6.18 Å². The number of alkyl halides is 4. The molecule has 0 nitrogen and oxygen atoms in total. The normalized spacial score (nSPS) is 13.7. The molecule has 1 aromatic rings. The summed E-state index contributed by atoms with van der Waals surface area (Å²) < 4.78 is 36.1. The topological polar surface area (TPSA) is 0 Å². The summed E-state index contributed by atoms with van der Waals surface area (Å²) in [5.74, 6) is 0. The van der Waals surface area contributed by atoms with Gasteiger partial charge in [0.2, 0.25) is 0 Å². The van der Waals surface area contributed by atoms with Crippen LogP contribution in [0.4, 0.5) is 13.2 Å². The van der Waals surface area contributed by atoms with Crippen LogP contribution < -0.4 is 0 Å². The van der Waals surface area contributed by atoms with E-state index in [1.165, 1.54) is 5.56 Å². The Labute approximate surface area is 105 Å². The van der Waals surface area contributed by atoms with E-state index in [-0.39, 0.29) is 6.42 Å². The van der Waals surface area contributed by atoms with E-state index in [4.69, 9.17) is 11.6 Å². The Morgan fingerprint density at radius 3 is 2.24 bits per heavy atom. The third kappa shape index (κ3) is 5.44. The standard InChI is InChI=1S/C13H16ClF3/c1-2-3-10-4-6-11(7-5-10)12(14)8-9-13(15,16)17/h4-7,12H,2-3,8-9H2,1H3. The Balaban J connectivity index is 2.54. The van der Waals surface area contributed by atoms with Gasteiger partial charge in [-0.25, -0.2) is 0 Å². The molecule has 0 N–H and O–H groups in total. The van der Waals surface area contributed by atoms with Crippen molar-refractivity contribution in [3.63, 3.8) is 0 Å². The Hall–Kier alpha value is -0.700. The van der Waals surface area contributed by atoms with Gasteiger partial charge in [-0.1, -0.05) is 37.6 Å². The third-order valence-corrected chi connectivity index (χ3v) is 3.03. The van der Waals surface area contributed by atoms with Crippen molar-refractivity contribution in [1.29, 1.82) is 0 Å². The highest BCUT2D eigenvalue weighted by atomic mass is 35.5. The molecule has 0 saturated carbocycles. The van der Waals surface area contributed by atoms with Gasteiger partial charge in [0.15, 0.2) is 0 Å². The molecule has 1 aromatic carbocycles. The molecule has 0 bridgehead atoms. The van der Waals surface area contributed by atoms with Crippen molar-refractivity contribution in [3.8, 4) is 0 Å². The van der Waals surface area contributed by atoms with E-state index in [0.717, 1.165) is 18.4 Å². The predicted octanol–water partition coefficient (Wildman–Crippen LogP) is 5.26. The lowest BCUT2D eigenvalue weighted by molar-refractivity contribution is -0.135. The third-order valence-electron chi connectivity index (χ3n) is 2.56. The highest BCUT2D eigenvalue weighted by Gasteiger charge is 2.28. The molecule has 17 heavy (non-hydrogen) atoms. The van der Waals surface area contributed by atoms with Crippen LogP contribution in [-0.2, 0) is 6.42 Å². The largest absolute Gasteiger partial charge is 0.389 e. The fraction of sp³-hybridized carbons (Fsp3) is 0.538. The Morgan fingerprint density at radius 1 is 1.18 bits per heavy atom. The Kier molecular flexibility index (Phi) is 5.31.